The second-order valence-electron chi connectivity index (χ2n) is 4.60. The van der Waals surface area contributed by atoms with E-state index in [4.69, 9.17) is 5.26 Å². The first-order valence-electron chi connectivity index (χ1n) is 6.60. The van der Waals surface area contributed by atoms with E-state index in [1.807, 2.05) is 6.07 Å². The monoisotopic (exact) mass is 311 g/mol. The van der Waals surface area contributed by atoms with Crippen molar-refractivity contribution in [1.29, 1.82) is 5.26 Å². The van der Waals surface area contributed by atoms with E-state index in [-0.39, 0.29) is 4.90 Å². The summed E-state index contributed by atoms with van der Waals surface area (Å²) in [5.41, 5.74) is 0. The number of rotatable bonds is 4. The van der Waals surface area contributed by atoms with Gasteiger partial charge in [0.25, 0.3) is 0 Å². The zero-order chi connectivity index (χ0) is 14.4. The van der Waals surface area contributed by atoms with Gasteiger partial charge in [0.05, 0.1) is 16.8 Å². The van der Waals surface area contributed by atoms with Gasteiger partial charge in [-0.15, -0.1) is 0 Å². The number of sulfonamides is 1. The van der Waals surface area contributed by atoms with E-state index < -0.39 is 10.0 Å². The van der Waals surface area contributed by atoms with Crippen LogP contribution in [0.3, 0.4) is 0 Å². The highest BCUT2D eigenvalue weighted by Gasteiger charge is 2.25. The second kappa shape index (κ2) is 7.07. The molecule has 0 unspecified atom stereocenters. The van der Waals surface area contributed by atoms with Gasteiger partial charge >= 0.3 is 0 Å². The SMILES string of the molecule is N#CCSc1ccc(S(=O)(=O)N2CCCCCC2)cn1. The van der Waals surface area contributed by atoms with Crippen molar-refractivity contribution in [1.82, 2.24) is 9.29 Å². The van der Waals surface area contributed by atoms with Crippen molar-refractivity contribution in [3.63, 3.8) is 0 Å². The largest absolute Gasteiger partial charge is 0.249 e. The molecule has 0 bridgehead atoms. The molecule has 0 saturated carbocycles. The zero-order valence-electron chi connectivity index (χ0n) is 11.2. The van der Waals surface area contributed by atoms with Gasteiger partial charge in [-0.05, 0) is 25.0 Å². The summed E-state index contributed by atoms with van der Waals surface area (Å²) >= 11 is 1.30. The number of pyridine rings is 1. The van der Waals surface area contributed by atoms with Crippen LogP contribution in [-0.2, 0) is 10.0 Å². The standard InChI is InChI=1S/C13H17N3O2S2/c14-7-10-19-13-6-5-12(11-15-13)20(17,18)16-8-3-1-2-4-9-16/h5-6,11H,1-4,8-10H2. The third-order valence-corrected chi connectivity index (χ3v) is 5.89. The van der Waals surface area contributed by atoms with Gasteiger partial charge < -0.3 is 0 Å². The van der Waals surface area contributed by atoms with Crippen LogP contribution in [0.5, 0.6) is 0 Å². The third kappa shape index (κ3) is 3.72. The molecule has 5 nitrogen and oxygen atoms in total. The Morgan fingerprint density at radius 2 is 1.95 bits per heavy atom. The van der Waals surface area contributed by atoms with Gasteiger partial charge in [0.2, 0.25) is 10.0 Å². The van der Waals surface area contributed by atoms with E-state index in [9.17, 15) is 8.42 Å². The summed E-state index contributed by atoms with van der Waals surface area (Å²) in [6.45, 7) is 1.18. The highest BCUT2D eigenvalue weighted by Crippen LogP contribution is 2.21. The molecule has 0 aromatic carbocycles. The Morgan fingerprint density at radius 1 is 1.25 bits per heavy atom. The van der Waals surface area contributed by atoms with E-state index in [0.29, 0.717) is 23.9 Å². The van der Waals surface area contributed by atoms with Crippen molar-refractivity contribution in [3.8, 4) is 6.07 Å². The third-order valence-electron chi connectivity index (χ3n) is 3.20. The van der Waals surface area contributed by atoms with E-state index in [2.05, 4.69) is 4.98 Å². The lowest BCUT2D eigenvalue weighted by atomic mass is 10.2. The molecule has 1 aromatic heterocycles. The predicted molar refractivity (Wildman–Crippen MR) is 77.8 cm³/mol. The molecule has 7 heteroatoms. The van der Waals surface area contributed by atoms with Crippen molar-refractivity contribution >= 4 is 21.8 Å². The van der Waals surface area contributed by atoms with E-state index in [1.165, 1.54) is 18.0 Å². The van der Waals surface area contributed by atoms with E-state index >= 15 is 0 Å². The second-order valence-corrected chi connectivity index (χ2v) is 7.53. The fraction of sp³-hybridized carbons (Fsp3) is 0.538. The summed E-state index contributed by atoms with van der Waals surface area (Å²) in [4.78, 5) is 4.34. The normalized spacial score (nSPS) is 17.4. The summed E-state index contributed by atoms with van der Waals surface area (Å²) in [7, 11) is -3.43. The minimum atomic E-state index is -3.43. The van der Waals surface area contributed by atoms with Gasteiger partial charge in [0.1, 0.15) is 4.90 Å². The molecule has 1 saturated heterocycles. The Morgan fingerprint density at radius 3 is 2.50 bits per heavy atom. The molecule has 0 radical (unpaired) electrons. The van der Waals surface area contributed by atoms with Crippen LogP contribution in [-0.4, -0.2) is 36.5 Å². The lowest BCUT2D eigenvalue weighted by Gasteiger charge is -2.19. The molecule has 1 aliphatic rings. The van der Waals surface area contributed by atoms with Crippen LogP contribution in [0.4, 0.5) is 0 Å². The topological polar surface area (TPSA) is 74.1 Å². The smallest absolute Gasteiger partial charge is 0.244 e. The van der Waals surface area contributed by atoms with Crippen LogP contribution in [0.1, 0.15) is 25.7 Å². The summed E-state index contributed by atoms with van der Waals surface area (Å²) in [6.07, 6.45) is 5.41. The Hall–Kier alpha value is -1.10. The number of aromatic nitrogens is 1. The Labute approximate surface area is 124 Å². The van der Waals surface area contributed by atoms with Gasteiger partial charge in [0, 0.05) is 19.3 Å². The highest BCUT2D eigenvalue weighted by molar-refractivity contribution is 7.99. The molecule has 108 valence electrons. The molecule has 2 rings (SSSR count). The van der Waals surface area contributed by atoms with Crippen LogP contribution in [0.2, 0.25) is 0 Å². The average molecular weight is 311 g/mol. The molecular weight excluding hydrogens is 294 g/mol. The maximum absolute atomic E-state index is 12.5. The molecular formula is C13H17N3O2S2. The van der Waals surface area contributed by atoms with Gasteiger partial charge in [-0.2, -0.15) is 9.57 Å². The zero-order valence-corrected chi connectivity index (χ0v) is 12.8. The molecule has 0 atom stereocenters. The number of thioether (sulfide) groups is 1. The van der Waals surface area contributed by atoms with Crippen LogP contribution < -0.4 is 0 Å². The molecule has 2 heterocycles. The van der Waals surface area contributed by atoms with Crippen LogP contribution >= 0.6 is 11.8 Å². The first kappa shape index (κ1) is 15.3. The fourth-order valence-electron chi connectivity index (χ4n) is 2.14. The number of hydrogen-bond donors (Lipinski definition) is 0. The van der Waals surface area contributed by atoms with Crippen molar-refractivity contribution in [2.45, 2.75) is 35.6 Å². The Kier molecular flexibility index (Phi) is 5.40. The van der Waals surface area contributed by atoms with Crippen LogP contribution in [0, 0.1) is 11.3 Å². The number of hydrogen-bond acceptors (Lipinski definition) is 5. The maximum Gasteiger partial charge on any atom is 0.244 e. The molecule has 20 heavy (non-hydrogen) atoms. The summed E-state index contributed by atoms with van der Waals surface area (Å²) in [6, 6.07) is 5.25. The summed E-state index contributed by atoms with van der Waals surface area (Å²) < 4.78 is 26.5. The summed E-state index contributed by atoms with van der Waals surface area (Å²) in [5.74, 6) is 0.311. The Bertz CT molecular complexity index is 571. The van der Waals surface area contributed by atoms with E-state index in [0.717, 1.165) is 25.7 Å². The molecule has 0 N–H and O–H groups in total. The Balaban J connectivity index is 2.14. The number of nitrogens with zero attached hydrogens (tertiary/aromatic N) is 3. The molecule has 0 spiro atoms. The minimum Gasteiger partial charge on any atom is -0.249 e. The van der Waals surface area contributed by atoms with Crippen LogP contribution in [0.25, 0.3) is 0 Å². The van der Waals surface area contributed by atoms with Crippen molar-refractivity contribution in [2.24, 2.45) is 0 Å². The molecule has 1 aromatic rings. The number of nitriles is 1. The van der Waals surface area contributed by atoms with Gasteiger partial charge in [-0.25, -0.2) is 13.4 Å². The summed E-state index contributed by atoms with van der Waals surface area (Å²) in [5, 5.41) is 9.17. The molecule has 1 aliphatic heterocycles. The average Bonchev–Trinajstić information content (AvgIpc) is 2.75. The highest BCUT2D eigenvalue weighted by atomic mass is 32.2. The van der Waals surface area contributed by atoms with Crippen molar-refractivity contribution < 1.29 is 8.42 Å². The van der Waals surface area contributed by atoms with E-state index in [1.54, 1.807) is 16.4 Å². The lowest BCUT2D eigenvalue weighted by molar-refractivity contribution is 0.423. The first-order valence-corrected chi connectivity index (χ1v) is 9.03. The quantitative estimate of drug-likeness (QED) is 0.797. The van der Waals surface area contributed by atoms with Crippen LogP contribution in [0.15, 0.2) is 28.3 Å². The molecule has 1 fully saturated rings. The van der Waals surface area contributed by atoms with Crippen molar-refractivity contribution in [2.75, 3.05) is 18.8 Å². The first-order chi connectivity index (χ1) is 9.64. The fourth-order valence-corrected chi connectivity index (χ4v) is 4.11. The maximum atomic E-state index is 12.5. The molecule has 0 amide bonds. The van der Waals surface area contributed by atoms with Gasteiger partial charge in [-0.3, -0.25) is 0 Å². The van der Waals surface area contributed by atoms with Crippen molar-refractivity contribution in [3.05, 3.63) is 18.3 Å². The van der Waals surface area contributed by atoms with Gasteiger partial charge in [0.15, 0.2) is 0 Å². The minimum absolute atomic E-state index is 0.237. The molecule has 0 aliphatic carbocycles. The predicted octanol–water partition coefficient (Wildman–Crippen LogP) is 2.26. The lowest BCUT2D eigenvalue weighted by Crippen LogP contribution is -2.32. The van der Waals surface area contributed by atoms with Gasteiger partial charge in [-0.1, -0.05) is 24.6 Å².